The van der Waals surface area contributed by atoms with Crippen LogP contribution in [0, 0.1) is 6.92 Å². The van der Waals surface area contributed by atoms with Crippen LogP contribution in [0.5, 0.6) is 5.75 Å². The number of ether oxygens (including phenoxy) is 1. The van der Waals surface area contributed by atoms with Crippen molar-refractivity contribution in [2.75, 3.05) is 25.2 Å². The molecule has 0 spiro atoms. The van der Waals surface area contributed by atoms with Crippen LogP contribution in [0.2, 0.25) is 5.02 Å². The Morgan fingerprint density at radius 1 is 1.30 bits per heavy atom. The fourth-order valence-electron chi connectivity index (χ4n) is 2.93. The third-order valence-corrected chi connectivity index (χ3v) is 6.88. The zero-order valence-corrected chi connectivity index (χ0v) is 21.3. The summed E-state index contributed by atoms with van der Waals surface area (Å²) in [5.74, 6) is 0.939. The summed E-state index contributed by atoms with van der Waals surface area (Å²) in [6.45, 7) is 6.21. The van der Waals surface area contributed by atoms with Crippen molar-refractivity contribution in [3.05, 3.63) is 45.7 Å². The van der Waals surface area contributed by atoms with Crippen LogP contribution in [-0.4, -0.2) is 56.3 Å². The lowest BCUT2D eigenvalue weighted by Gasteiger charge is -2.16. The molecule has 176 valence electrons. The van der Waals surface area contributed by atoms with Gasteiger partial charge < -0.3 is 19.5 Å². The van der Waals surface area contributed by atoms with Crippen molar-refractivity contribution in [3.8, 4) is 5.75 Å². The monoisotopic (exact) mass is 508 g/mol. The second kappa shape index (κ2) is 11.0. The topological polar surface area (TPSA) is 102 Å². The van der Waals surface area contributed by atoms with Crippen LogP contribution in [0.3, 0.4) is 0 Å². The van der Waals surface area contributed by atoms with Gasteiger partial charge in [0.05, 0.1) is 16.5 Å². The molecule has 0 aliphatic rings. The van der Waals surface area contributed by atoms with E-state index in [1.165, 1.54) is 16.7 Å². The maximum atomic E-state index is 12.5. The van der Waals surface area contributed by atoms with E-state index in [9.17, 15) is 9.59 Å². The first-order chi connectivity index (χ1) is 15.7. The molecule has 0 fully saturated rings. The third-order valence-electron chi connectivity index (χ3n) is 4.54. The standard InChI is InChI=1S/C21H25ClN6O3S2/c1-6-28-18(13(3)31-15-10-8-7-9-14(15)22)25-26-21(28)32-11-16(29)24-20-23-12(2)17(33-20)19(30)27(4)5/h7-10,13H,6,11H2,1-5H3,(H,23,24,29). The Morgan fingerprint density at radius 3 is 2.70 bits per heavy atom. The molecule has 0 radical (unpaired) electrons. The molecule has 0 saturated carbocycles. The number of benzene rings is 1. The van der Waals surface area contributed by atoms with Crippen LogP contribution in [0.1, 0.15) is 41.1 Å². The second-order valence-corrected chi connectivity index (χ2v) is 9.59. The number of aromatic nitrogens is 4. The molecule has 2 heterocycles. The molecule has 0 aliphatic carbocycles. The number of anilines is 1. The van der Waals surface area contributed by atoms with E-state index in [1.807, 2.05) is 30.5 Å². The number of nitrogens with one attached hydrogen (secondary N) is 1. The summed E-state index contributed by atoms with van der Waals surface area (Å²) in [4.78, 5) is 30.9. The van der Waals surface area contributed by atoms with Crippen LogP contribution in [0.25, 0.3) is 0 Å². The molecule has 9 nitrogen and oxygen atoms in total. The molecule has 3 rings (SSSR count). The lowest BCUT2D eigenvalue weighted by atomic mass is 10.3. The molecule has 0 saturated heterocycles. The Balaban J connectivity index is 1.63. The number of hydrogen-bond acceptors (Lipinski definition) is 8. The predicted octanol–water partition coefficient (Wildman–Crippen LogP) is 4.29. The molecule has 0 bridgehead atoms. The van der Waals surface area contributed by atoms with Crippen LogP contribution >= 0.6 is 34.7 Å². The average Bonchev–Trinajstić information content (AvgIpc) is 3.35. The maximum absolute atomic E-state index is 12.5. The lowest BCUT2D eigenvalue weighted by molar-refractivity contribution is -0.113. The van der Waals surface area contributed by atoms with Crippen molar-refractivity contribution in [2.45, 2.75) is 38.6 Å². The average molecular weight is 509 g/mol. The van der Waals surface area contributed by atoms with Crippen LogP contribution < -0.4 is 10.1 Å². The molecule has 1 N–H and O–H groups in total. The Kier molecular flexibility index (Phi) is 8.33. The maximum Gasteiger partial charge on any atom is 0.265 e. The van der Waals surface area contributed by atoms with Gasteiger partial charge in [-0.3, -0.25) is 9.59 Å². The van der Waals surface area contributed by atoms with Gasteiger partial charge in [-0.15, -0.1) is 10.2 Å². The summed E-state index contributed by atoms with van der Waals surface area (Å²) in [6, 6.07) is 7.24. The zero-order chi connectivity index (χ0) is 24.1. The van der Waals surface area contributed by atoms with Crippen LogP contribution in [0.15, 0.2) is 29.4 Å². The number of rotatable bonds is 9. The molecular weight excluding hydrogens is 484 g/mol. The fourth-order valence-corrected chi connectivity index (χ4v) is 4.92. The molecule has 2 amide bonds. The highest BCUT2D eigenvalue weighted by atomic mass is 35.5. The number of thiazole rings is 1. The SMILES string of the molecule is CCn1c(SCC(=O)Nc2nc(C)c(C(=O)N(C)C)s2)nnc1C(C)Oc1ccccc1Cl. The van der Waals surface area contributed by atoms with E-state index in [0.717, 1.165) is 11.3 Å². The highest BCUT2D eigenvalue weighted by Gasteiger charge is 2.21. The number of thioether (sulfide) groups is 1. The normalized spacial score (nSPS) is 11.8. The first kappa shape index (κ1) is 25.0. The van der Waals surface area contributed by atoms with E-state index in [4.69, 9.17) is 16.3 Å². The molecular formula is C21H25ClN6O3S2. The van der Waals surface area contributed by atoms with Crippen LogP contribution in [-0.2, 0) is 11.3 Å². The molecule has 12 heteroatoms. The van der Waals surface area contributed by atoms with Crippen molar-refractivity contribution in [3.63, 3.8) is 0 Å². The zero-order valence-electron chi connectivity index (χ0n) is 19.0. The van der Waals surface area contributed by atoms with Crippen molar-refractivity contribution < 1.29 is 14.3 Å². The number of carbonyl (C=O) groups excluding carboxylic acids is 2. The highest BCUT2D eigenvalue weighted by Crippen LogP contribution is 2.29. The predicted molar refractivity (Wildman–Crippen MR) is 130 cm³/mol. The van der Waals surface area contributed by atoms with Gasteiger partial charge in [-0.05, 0) is 32.9 Å². The van der Waals surface area contributed by atoms with Gasteiger partial charge in [0, 0.05) is 20.6 Å². The first-order valence-corrected chi connectivity index (χ1v) is 12.3. The van der Waals surface area contributed by atoms with E-state index < -0.39 is 0 Å². The van der Waals surface area contributed by atoms with Gasteiger partial charge in [-0.25, -0.2) is 4.98 Å². The molecule has 2 aromatic heterocycles. The fraction of sp³-hybridized carbons (Fsp3) is 0.381. The van der Waals surface area contributed by atoms with E-state index in [0.29, 0.717) is 44.0 Å². The molecule has 1 aromatic carbocycles. The largest absolute Gasteiger partial charge is 0.481 e. The number of aryl methyl sites for hydroxylation is 1. The minimum atomic E-state index is -0.383. The van der Waals surface area contributed by atoms with Gasteiger partial charge in [-0.2, -0.15) is 0 Å². The van der Waals surface area contributed by atoms with Gasteiger partial charge in [0.25, 0.3) is 5.91 Å². The lowest BCUT2D eigenvalue weighted by Crippen LogP contribution is -2.21. The van der Waals surface area contributed by atoms with Gasteiger partial charge in [0.2, 0.25) is 5.91 Å². The Hall–Kier alpha value is -2.63. The van der Waals surface area contributed by atoms with Gasteiger partial charge in [0.15, 0.2) is 22.2 Å². The first-order valence-electron chi connectivity index (χ1n) is 10.2. The molecule has 33 heavy (non-hydrogen) atoms. The van der Waals surface area contributed by atoms with Gasteiger partial charge in [0.1, 0.15) is 10.6 Å². The van der Waals surface area contributed by atoms with E-state index >= 15 is 0 Å². The van der Waals surface area contributed by atoms with Gasteiger partial charge in [-0.1, -0.05) is 46.8 Å². The van der Waals surface area contributed by atoms with E-state index in [-0.39, 0.29) is 23.7 Å². The van der Waals surface area contributed by atoms with Gasteiger partial charge >= 0.3 is 0 Å². The molecule has 3 aromatic rings. The minimum Gasteiger partial charge on any atom is -0.481 e. The smallest absolute Gasteiger partial charge is 0.265 e. The number of para-hydroxylation sites is 1. The number of halogens is 1. The van der Waals surface area contributed by atoms with Crippen molar-refractivity contribution in [2.24, 2.45) is 0 Å². The summed E-state index contributed by atoms with van der Waals surface area (Å²) in [7, 11) is 3.35. The summed E-state index contributed by atoms with van der Waals surface area (Å²) >= 11 is 8.61. The van der Waals surface area contributed by atoms with Crippen LogP contribution in [0.4, 0.5) is 5.13 Å². The Bertz CT molecular complexity index is 1150. The number of hydrogen-bond donors (Lipinski definition) is 1. The molecule has 1 unspecified atom stereocenters. The van der Waals surface area contributed by atoms with Crippen molar-refractivity contribution >= 4 is 51.6 Å². The summed E-state index contributed by atoms with van der Waals surface area (Å²) in [6.07, 6.45) is -0.383. The Labute approximate surface area is 205 Å². The highest BCUT2D eigenvalue weighted by molar-refractivity contribution is 7.99. The number of nitrogens with zero attached hydrogens (tertiary/aromatic N) is 5. The molecule has 1 atom stereocenters. The van der Waals surface area contributed by atoms with E-state index in [2.05, 4.69) is 20.5 Å². The number of amides is 2. The summed E-state index contributed by atoms with van der Waals surface area (Å²) in [5, 5.41) is 12.8. The summed E-state index contributed by atoms with van der Waals surface area (Å²) in [5.41, 5.74) is 0.588. The Morgan fingerprint density at radius 2 is 2.03 bits per heavy atom. The second-order valence-electron chi connectivity index (χ2n) is 7.25. The van der Waals surface area contributed by atoms with Crippen molar-refractivity contribution in [1.82, 2.24) is 24.6 Å². The number of carbonyl (C=O) groups is 2. The molecule has 0 aliphatic heterocycles. The quantitative estimate of drug-likeness (QED) is 0.430. The van der Waals surface area contributed by atoms with Crippen molar-refractivity contribution in [1.29, 1.82) is 0 Å². The third kappa shape index (κ3) is 6.04. The van der Waals surface area contributed by atoms with E-state index in [1.54, 1.807) is 33.2 Å². The summed E-state index contributed by atoms with van der Waals surface area (Å²) < 4.78 is 7.86. The minimum absolute atomic E-state index is 0.119.